The maximum absolute atomic E-state index is 13.4. The van der Waals surface area contributed by atoms with E-state index in [2.05, 4.69) is 45.9 Å². The van der Waals surface area contributed by atoms with E-state index in [0.717, 1.165) is 0 Å². The maximum Gasteiger partial charge on any atom is 0.330 e. The van der Waals surface area contributed by atoms with Gasteiger partial charge in [0.05, 0.1) is 6.24 Å². The standard InChI is InChI=1S/C12H27O3PSi2/c1-11(12(13)14)9-8-10-16(15,17(2,3)4)18(5,6)7/h1,8-10H2,2-7H3,(H,13,14). The molecule has 18 heavy (non-hydrogen) atoms. The Morgan fingerprint density at radius 3 is 1.78 bits per heavy atom. The summed E-state index contributed by atoms with van der Waals surface area (Å²) < 4.78 is 13.4. The first-order chi connectivity index (χ1) is 7.83. The van der Waals surface area contributed by atoms with Crippen LogP contribution < -0.4 is 0 Å². The monoisotopic (exact) mass is 306 g/mol. The van der Waals surface area contributed by atoms with Gasteiger partial charge in [0.15, 0.2) is 0 Å². The van der Waals surface area contributed by atoms with Crippen LogP contribution in [0.4, 0.5) is 0 Å². The van der Waals surface area contributed by atoms with Crippen LogP contribution in [0, 0.1) is 0 Å². The van der Waals surface area contributed by atoms with Gasteiger partial charge in [-0.05, 0) is 19.0 Å². The van der Waals surface area contributed by atoms with Gasteiger partial charge < -0.3 is 9.67 Å². The zero-order chi connectivity index (χ0) is 14.8. The molecule has 0 heterocycles. The normalized spacial score (nSPS) is 13.4. The van der Waals surface area contributed by atoms with Crippen LogP contribution in [0.1, 0.15) is 12.8 Å². The molecule has 0 atom stereocenters. The minimum Gasteiger partial charge on any atom is -0.478 e. The minimum atomic E-state index is -2.13. The Labute approximate surface area is 113 Å². The molecule has 0 saturated heterocycles. The molecule has 0 amide bonds. The molecule has 3 nitrogen and oxygen atoms in total. The number of carbonyl (C=O) groups is 1. The van der Waals surface area contributed by atoms with Crippen molar-refractivity contribution in [3.05, 3.63) is 12.2 Å². The first kappa shape index (κ1) is 17.9. The molecule has 106 valence electrons. The molecule has 0 rings (SSSR count). The minimum absolute atomic E-state index is 0.229. The molecule has 0 aromatic carbocycles. The second-order valence-electron chi connectivity index (χ2n) is 6.82. The fourth-order valence-corrected chi connectivity index (χ4v) is 35.4. The lowest BCUT2D eigenvalue weighted by atomic mass is 10.2. The zero-order valence-electron chi connectivity index (χ0n) is 12.5. The molecule has 0 unspecified atom stereocenters. The molecule has 0 bridgehead atoms. The summed E-state index contributed by atoms with van der Waals surface area (Å²) in [7, 11) is -3.41. The first-order valence-electron chi connectivity index (χ1n) is 6.33. The maximum atomic E-state index is 13.4. The highest BCUT2D eigenvalue weighted by atomic mass is 31.6. The molecular formula is C12H27O3PSi2. The highest BCUT2D eigenvalue weighted by Crippen LogP contribution is 2.62. The number of aliphatic carboxylic acids is 1. The Balaban J connectivity index is 4.83. The lowest BCUT2D eigenvalue weighted by Gasteiger charge is -2.39. The van der Waals surface area contributed by atoms with Gasteiger partial charge in [-0.2, -0.15) is 0 Å². The molecule has 0 spiro atoms. The van der Waals surface area contributed by atoms with E-state index in [1.807, 2.05) is 0 Å². The highest BCUT2D eigenvalue weighted by Gasteiger charge is 2.47. The van der Waals surface area contributed by atoms with E-state index in [-0.39, 0.29) is 5.57 Å². The predicted molar refractivity (Wildman–Crippen MR) is 85.2 cm³/mol. The summed E-state index contributed by atoms with van der Waals surface area (Å²) in [6, 6.07) is 0. The van der Waals surface area contributed by atoms with Gasteiger partial charge in [-0.1, -0.05) is 45.9 Å². The van der Waals surface area contributed by atoms with Crippen molar-refractivity contribution < 1.29 is 14.5 Å². The Hall–Kier alpha value is -0.126. The number of rotatable bonds is 7. The van der Waals surface area contributed by atoms with E-state index < -0.39 is 27.7 Å². The van der Waals surface area contributed by atoms with Gasteiger partial charge in [-0.3, -0.25) is 0 Å². The Kier molecular flexibility index (Phi) is 5.85. The molecule has 6 heteroatoms. The number of carboxylic acid groups (broad SMARTS) is 1. The van der Waals surface area contributed by atoms with Crippen molar-refractivity contribution in [3.63, 3.8) is 0 Å². The van der Waals surface area contributed by atoms with Crippen molar-refractivity contribution in [2.45, 2.75) is 52.1 Å². The number of hydrogen-bond acceptors (Lipinski definition) is 2. The third kappa shape index (κ3) is 4.21. The van der Waals surface area contributed by atoms with Gasteiger partial charge in [0.25, 0.3) is 0 Å². The van der Waals surface area contributed by atoms with Crippen LogP contribution in [-0.2, 0) is 9.36 Å². The molecule has 0 saturated carbocycles. The second-order valence-corrected chi connectivity index (χ2v) is 31.2. The Morgan fingerprint density at radius 2 is 1.50 bits per heavy atom. The Morgan fingerprint density at radius 1 is 1.11 bits per heavy atom. The van der Waals surface area contributed by atoms with E-state index in [1.165, 1.54) is 0 Å². The van der Waals surface area contributed by atoms with Crippen LogP contribution in [-0.4, -0.2) is 32.7 Å². The summed E-state index contributed by atoms with van der Waals surface area (Å²) in [5.74, 6) is -0.939. The van der Waals surface area contributed by atoms with Crippen molar-refractivity contribution in [3.8, 4) is 0 Å². The average Bonchev–Trinajstić information content (AvgIpc) is 2.13. The van der Waals surface area contributed by atoms with Crippen molar-refractivity contribution in [2.24, 2.45) is 0 Å². The smallest absolute Gasteiger partial charge is 0.330 e. The fraction of sp³-hybridized carbons (Fsp3) is 0.750. The van der Waals surface area contributed by atoms with Crippen LogP contribution in [0.5, 0.6) is 0 Å². The third-order valence-corrected chi connectivity index (χ3v) is 35.1. The van der Waals surface area contributed by atoms with E-state index in [9.17, 15) is 9.36 Å². The summed E-state index contributed by atoms with van der Waals surface area (Å²) >= 11 is 0. The van der Waals surface area contributed by atoms with Gasteiger partial charge in [0.2, 0.25) is 0 Å². The van der Waals surface area contributed by atoms with Crippen LogP contribution in [0.25, 0.3) is 0 Å². The van der Waals surface area contributed by atoms with Crippen LogP contribution in [0.3, 0.4) is 0 Å². The quantitative estimate of drug-likeness (QED) is 0.430. The van der Waals surface area contributed by atoms with Crippen LogP contribution in [0.15, 0.2) is 12.2 Å². The summed E-state index contributed by atoms with van der Waals surface area (Å²) in [4.78, 5) is 10.7. The molecule has 0 aromatic heterocycles. The van der Waals surface area contributed by atoms with Gasteiger partial charge >= 0.3 is 5.97 Å². The summed E-state index contributed by atoms with van der Waals surface area (Å²) in [5.41, 5.74) is 0.229. The second kappa shape index (κ2) is 5.89. The predicted octanol–water partition coefficient (Wildman–Crippen LogP) is 4.44. The molecule has 0 aliphatic heterocycles. The van der Waals surface area contributed by atoms with Crippen molar-refractivity contribution in [1.29, 1.82) is 0 Å². The highest BCUT2D eigenvalue weighted by molar-refractivity contribution is 8.22. The molecule has 1 N–H and O–H groups in total. The molecule has 0 aliphatic rings. The molecule has 0 aromatic rings. The zero-order valence-corrected chi connectivity index (χ0v) is 15.4. The topological polar surface area (TPSA) is 54.4 Å². The fourth-order valence-electron chi connectivity index (χ4n) is 2.30. The van der Waals surface area contributed by atoms with Crippen molar-refractivity contribution >= 4 is 27.7 Å². The van der Waals surface area contributed by atoms with Gasteiger partial charge in [-0.25, -0.2) is 4.79 Å². The van der Waals surface area contributed by atoms with Crippen LogP contribution in [0.2, 0.25) is 39.3 Å². The van der Waals surface area contributed by atoms with Gasteiger partial charge in [0, 0.05) is 5.57 Å². The van der Waals surface area contributed by atoms with E-state index >= 15 is 0 Å². The lowest BCUT2D eigenvalue weighted by Crippen LogP contribution is -2.37. The van der Waals surface area contributed by atoms with Gasteiger partial charge in [0.1, 0.15) is 15.5 Å². The van der Waals surface area contributed by atoms with E-state index in [0.29, 0.717) is 19.0 Å². The largest absolute Gasteiger partial charge is 0.478 e. The van der Waals surface area contributed by atoms with Crippen molar-refractivity contribution in [2.75, 3.05) is 6.16 Å². The first-order valence-corrected chi connectivity index (χ1v) is 16.9. The number of hydrogen-bond donors (Lipinski definition) is 1. The van der Waals surface area contributed by atoms with Crippen molar-refractivity contribution in [1.82, 2.24) is 0 Å². The van der Waals surface area contributed by atoms with Crippen LogP contribution >= 0.6 is 6.24 Å². The lowest BCUT2D eigenvalue weighted by molar-refractivity contribution is -0.132. The molecule has 0 fully saturated rings. The van der Waals surface area contributed by atoms with Gasteiger partial charge in [-0.15, -0.1) is 0 Å². The summed E-state index contributed by atoms with van der Waals surface area (Å²) in [6.45, 7) is 16.6. The molecule has 0 radical (unpaired) electrons. The SMILES string of the molecule is C=C(CCCP(=O)([Si](C)(C)C)[Si](C)(C)C)C(=O)O. The third-order valence-electron chi connectivity index (χ3n) is 3.42. The van der Waals surface area contributed by atoms with E-state index in [1.54, 1.807) is 0 Å². The Bertz CT molecular complexity index is 360. The summed E-state index contributed by atoms with van der Waals surface area (Å²) in [5, 5.41) is 8.78. The molecule has 0 aliphatic carbocycles. The number of carboxylic acids is 1. The van der Waals surface area contributed by atoms with E-state index in [4.69, 9.17) is 5.11 Å². The summed E-state index contributed by atoms with van der Waals surface area (Å²) in [6.07, 6.45) is -0.286. The average molecular weight is 306 g/mol. The molecular weight excluding hydrogens is 279 g/mol.